The summed E-state index contributed by atoms with van der Waals surface area (Å²) in [6.07, 6.45) is 4.21. The molecule has 0 aromatic heterocycles. The summed E-state index contributed by atoms with van der Waals surface area (Å²) in [5.41, 5.74) is 0. The highest BCUT2D eigenvalue weighted by atomic mass is 28.5. The van der Waals surface area contributed by atoms with Crippen LogP contribution in [0.25, 0.3) is 0 Å². The molecule has 0 atom stereocenters. The topological polar surface area (TPSA) is 36.9 Å². The van der Waals surface area contributed by atoms with Crippen LogP contribution in [0.2, 0.25) is 39.3 Å². The Morgan fingerprint density at radius 2 is 0.952 bits per heavy atom. The Balaban J connectivity index is 5.05. The molecule has 21 heavy (non-hydrogen) atoms. The predicted octanol–water partition coefficient (Wildman–Crippen LogP) is 4.76. The number of hydrogen-bond acceptors (Lipinski definition) is 4. The highest BCUT2D eigenvalue weighted by Gasteiger charge is 2.51. The smallest absolute Gasteiger partial charge is 0.395 e. The highest BCUT2D eigenvalue weighted by Crippen LogP contribution is 2.24. The summed E-state index contributed by atoms with van der Waals surface area (Å²) >= 11 is 0. The predicted molar refractivity (Wildman–Crippen MR) is 96.3 cm³/mol. The van der Waals surface area contributed by atoms with E-state index in [4.69, 9.17) is 17.1 Å². The average Bonchev–Trinajstić information content (AvgIpc) is 2.25. The first-order valence-corrected chi connectivity index (χ1v) is 16.7. The number of unbranched alkanes of at least 4 members (excludes halogenated alkanes) is 2. The molecular formula is C14H36O4Si3. The first-order valence-electron chi connectivity index (χ1n) is 8.22. The van der Waals surface area contributed by atoms with Crippen LogP contribution in [0, 0.1) is 0 Å². The van der Waals surface area contributed by atoms with Crippen LogP contribution in [-0.4, -0.2) is 38.9 Å². The van der Waals surface area contributed by atoms with Crippen molar-refractivity contribution < 1.29 is 17.1 Å². The molecule has 0 radical (unpaired) electrons. The number of hydrogen-bond donors (Lipinski definition) is 0. The van der Waals surface area contributed by atoms with Crippen molar-refractivity contribution in [2.75, 3.05) is 13.2 Å². The van der Waals surface area contributed by atoms with Crippen LogP contribution in [0.3, 0.4) is 0 Å². The summed E-state index contributed by atoms with van der Waals surface area (Å²) < 4.78 is 24.9. The monoisotopic (exact) mass is 352 g/mol. The SMILES string of the molecule is CCCCO[Si](OCCCC)(O[Si](C)(C)C)O[Si](C)(C)C. The summed E-state index contributed by atoms with van der Waals surface area (Å²) in [5.74, 6) is 0. The van der Waals surface area contributed by atoms with Crippen LogP contribution < -0.4 is 0 Å². The quantitative estimate of drug-likeness (QED) is 0.375. The van der Waals surface area contributed by atoms with Gasteiger partial charge in [-0.1, -0.05) is 26.7 Å². The second kappa shape index (κ2) is 9.59. The third kappa shape index (κ3) is 11.7. The molecular weight excluding hydrogens is 316 g/mol. The average molecular weight is 353 g/mol. The van der Waals surface area contributed by atoms with Crippen LogP contribution in [0.1, 0.15) is 39.5 Å². The third-order valence-electron chi connectivity index (χ3n) is 2.42. The van der Waals surface area contributed by atoms with Crippen molar-refractivity contribution in [3.05, 3.63) is 0 Å². The van der Waals surface area contributed by atoms with Gasteiger partial charge in [0.2, 0.25) is 0 Å². The third-order valence-corrected chi connectivity index (χ3v) is 10.4. The van der Waals surface area contributed by atoms with Gasteiger partial charge in [-0.05, 0) is 52.1 Å². The molecule has 4 nitrogen and oxygen atoms in total. The van der Waals surface area contributed by atoms with E-state index in [1.54, 1.807) is 0 Å². The molecule has 0 spiro atoms. The fourth-order valence-electron chi connectivity index (χ4n) is 1.61. The summed E-state index contributed by atoms with van der Waals surface area (Å²) in [4.78, 5) is 0. The molecule has 0 fully saturated rings. The van der Waals surface area contributed by atoms with Crippen molar-refractivity contribution in [2.24, 2.45) is 0 Å². The van der Waals surface area contributed by atoms with Crippen molar-refractivity contribution >= 4 is 25.7 Å². The molecule has 0 heterocycles. The van der Waals surface area contributed by atoms with Crippen molar-refractivity contribution in [3.8, 4) is 0 Å². The van der Waals surface area contributed by atoms with E-state index in [0.717, 1.165) is 25.7 Å². The van der Waals surface area contributed by atoms with Gasteiger partial charge in [0, 0.05) is 13.2 Å². The molecule has 0 aliphatic rings. The normalized spacial score (nSPS) is 13.7. The molecule has 0 amide bonds. The lowest BCUT2D eigenvalue weighted by Gasteiger charge is -2.37. The molecule has 0 aliphatic carbocycles. The van der Waals surface area contributed by atoms with E-state index in [2.05, 4.69) is 53.1 Å². The van der Waals surface area contributed by atoms with Crippen molar-refractivity contribution in [1.29, 1.82) is 0 Å². The van der Waals surface area contributed by atoms with Crippen molar-refractivity contribution in [2.45, 2.75) is 78.8 Å². The van der Waals surface area contributed by atoms with Crippen molar-refractivity contribution in [1.82, 2.24) is 0 Å². The Labute approximate surface area is 135 Å². The molecule has 0 unspecified atom stereocenters. The Hall–Kier alpha value is 0.491. The fourth-order valence-corrected chi connectivity index (χ4v) is 9.97. The second-order valence-corrected chi connectivity index (χ2v) is 19.0. The molecule has 0 aromatic rings. The van der Waals surface area contributed by atoms with E-state index in [9.17, 15) is 0 Å². The summed E-state index contributed by atoms with van der Waals surface area (Å²) in [6, 6.07) is 0. The van der Waals surface area contributed by atoms with Gasteiger partial charge in [-0.15, -0.1) is 0 Å². The minimum atomic E-state index is -3.02. The Morgan fingerprint density at radius 3 is 1.19 bits per heavy atom. The minimum absolute atomic E-state index is 0.657. The molecule has 0 aromatic carbocycles. The van der Waals surface area contributed by atoms with Gasteiger partial charge in [0.1, 0.15) is 0 Å². The minimum Gasteiger partial charge on any atom is -0.395 e. The zero-order chi connectivity index (χ0) is 16.6. The first kappa shape index (κ1) is 21.5. The van der Waals surface area contributed by atoms with Crippen LogP contribution in [-0.2, 0) is 17.1 Å². The standard InChI is InChI=1S/C14H36O4Si3/c1-9-11-13-15-21(16-14-12-10-2,17-19(3,4)5)18-20(6,7)8/h9-14H2,1-8H3. The molecule has 0 bridgehead atoms. The maximum atomic E-state index is 6.34. The zero-order valence-corrected chi connectivity index (χ0v) is 18.4. The van der Waals surface area contributed by atoms with Gasteiger partial charge in [0.05, 0.1) is 0 Å². The van der Waals surface area contributed by atoms with Gasteiger partial charge in [-0.3, -0.25) is 0 Å². The van der Waals surface area contributed by atoms with E-state index < -0.39 is 25.7 Å². The molecule has 0 N–H and O–H groups in total. The van der Waals surface area contributed by atoms with E-state index in [1.807, 2.05) is 0 Å². The van der Waals surface area contributed by atoms with Gasteiger partial charge in [-0.2, -0.15) is 0 Å². The summed E-state index contributed by atoms with van der Waals surface area (Å²) in [5, 5.41) is 0. The van der Waals surface area contributed by atoms with Crippen molar-refractivity contribution in [3.63, 3.8) is 0 Å². The van der Waals surface area contributed by atoms with Gasteiger partial charge in [0.15, 0.2) is 16.6 Å². The van der Waals surface area contributed by atoms with Gasteiger partial charge >= 0.3 is 9.05 Å². The number of rotatable bonds is 12. The van der Waals surface area contributed by atoms with Crippen LogP contribution in [0.5, 0.6) is 0 Å². The van der Waals surface area contributed by atoms with Gasteiger partial charge in [-0.25, -0.2) is 0 Å². The maximum absolute atomic E-state index is 6.34. The zero-order valence-electron chi connectivity index (χ0n) is 15.4. The van der Waals surface area contributed by atoms with E-state index in [-0.39, 0.29) is 0 Å². The molecule has 0 aliphatic heterocycles. The molecule has 0 saturated heterocycles. The van der Waals surface area contributed by atoms with E-state index >= 15 is 0 Å². The van der Waals surface area contributed by atoms with Crippen LogP contribution in [0.15, 0.2) is 0 Å². The van der Waals surface area contributed by atoms with E-state index in [1.165, 1.54) is 0 Å². The van der Waals surface area contributed by atoms with Gasteiger partial charge in [0.25, 0.3) is 0 Å². The lowest BCUT2D eigenvalue weighted by atomic mass is 10.4. The molecule has 0 rings (SSSR count). The molecule has 0 saturated carbocycles. The fraction of sp³-hybridized carbons (Fsp3) is 1.00. The Kier molecular flexibility index (Phi) is 9.81. The summed E-state index contributed by atoms with van der Waals surface area (Å²) in [7, 11) is -6.63. The molecule has 7 heteroatoms. The lowest BCUT2D eigenvalue weighted by molar-refractivity contribution is 0.0346. The van der Waals surface area contributed by atoms with Crippen LogP contribution in [0.4, 0.5) is 0 Å². The second-order valence-electron chi connectivity index (χ2n) is 7.33. The summed E-state index contributed by atoms with van der Waals surface area (Å²) in [6.45, 7) is 18.6. The van der Waals surface area contributed by atoms with E-state index in [0.29, 0.717) is 13.2 Å². The molecule has 128 valence electrons. The van der Waals surface area contributed by atoms with Gasteiger partial charge < -0.3 is 17.1 Å². The highest BCUT2D eigenvalue weighted by molar-refractivity contribution is 6.83. The maximum Gasteiger partial charge on any atom is 0.658 e. The van der Waals surface area contributed by atoms with Crippen LogP contribution >= 0.6 is 0 Å². The largest absolute Gasteiger partial charge is 0.658 e. The lowest BCUT2D eigenvalue weighted by Crippen LogP contribution is -2.59. The Morgan fingerprint density at radius 1 is 0.619 bits per heavy atom. The first-order chi connectivity index (χ1) is 9.54. The Bertz CT molecular complexity index is 246.